The Hall–Kier alpha value is -2.96. The van der Waals surface area contributed by atoms with E-state index in [2.05, 4.69) is 44.4 Å². The van der Waals surface area contributed by atoms with Crippen LogP contribution in [-0.2, 0) is 4.79 Å². The third-order valence-corrected chi connectivity index (χ3v) is 7.16. The summed E-state index contributed by atoms with van der Waals surface area (Å²) < 4.78 is 14.0. The van der Waals surface area contributed by atoms with E-state index in [0.717, 1.165) is 51.3 Å². The Morgan fingerprint density at radius 1 is 1.18 bits per heavy atom. The first-order valence-corrected chi connectivity index (χ1v) is 12.1. The number of halogens is 2. The molecular weight excluding hydrogens is 451 g/mol. The van der Waals surface area contributed by atoms with Gasteiger partial charge < -0.3 is 10.2 Å². The van der Waals surface area contributed by atoms with Crippen molar-refractivity contribution in [3.63, 3.8) is 0 Å². The first kappa shape index (κ1) is 22.8. The molecule has 2 heterocycles. The second-order valence-electron chi connectivity index (χ2n) is 9.13. The number of nitrogens with zero attached hydrogens (tertiary/aromatic N) is 3. The van der Waals surface area contributed by atoms with Gasteiger partial charge in [-0.2, -0.15) is 0 Å². The Labute approximate surface area is 204 Å². The van der Waals surface area contributed by atoms with Gasteiger partial charge in [-0.25, -0.2) is 9.37 Å². The molecule has 1 aromatic heterocycles. The number of hydrogen-bond donors (Lipinski definition) is 1. The number of piperazine rings is 1. The zero-order chi connectivity index (χ0) is 23.5. The second-order valence-corrected chi connectivity index (χ2v) is 9.57. The maximum atomic E-state index is 14.0. The maximum Gasteiger partial charge on any atom is 0.244 e. The number of rotatable bonds is 6. The minimum Gasteiger partial charge on any atom is -0.354 e. The van der Waals surface area contributed by atoms with Crippen LogP contribution in [0.25, 0.3) is 6.08 Å². The van der Waals surface area contributed by atoms with E-state index in [-0.39, 0.29) is 11.4 Å². The van der Waals surface area contributed by atoms with Crippen LogP contribution in [0, 0.1) is 5.82 Å². The van der Waals surface area contributed by atoms with Gasteiger partial charge in [-0.1, -0.05) is 42.0 Å². The number of anilines is 1. The molecule has 2 aromatic rings. The summed E-state index contributed by atoms with van der Waals surface area (Å²) in [6.07, 6.45) is 14.1. The molecule has 2 fully saturated rings. The molecule has 176 valence electrons. The molecule has 1 saturated carbocycles. The molecule has 1 aliphatic heterocycles. The largest absolute Gasteiger partial charge is 0.354 e. The van der Waals surface area contributed by atoms with Crippen LogP contribution in [0.2, 0.25) is 5.02 Å². The molecule has 0 spiro atoms. The number of pyridine rings is 1. The fraction of sp³-hybridized carbons (Fsp3) is 0.333. The van der Waals surface area contributed by atoms with Gasteiger partial charge in [0.25, 0.3) is 0 Å². The number of carbonyl (C=O) groups is 1. The Balaban J connectivity index is 1.17. The van der Waals surface area contributed by atoms with Crippen LogP contribution < -0.4 is 10.2 Å². The zero-order valence-corrected chi connectivity index (χ0v) is 19.7. The average molecular weight is 479 g/mol. The van der Waals surface area contributed by atoms with Gasteiger partial charge in [-0.15, -0.1) is 0 Å². The van der Waals surface area contributed by atoms with Gasteiger partial charge in [0.05, 0.1) is 5.54 Å². The topological polar surface area (TPSA) is 48.5 Å². The van der Waals surface area contributed by atoms with Gasteiger partial charge in [0.2, 0.25) is 5.91 Å². The lowest BCUT2D eigenvalue weighted by molar-refractivity contribution is -0.117. The fourth-order valence-electron chi connectivity index (χ4n) is 4.82. The lowest BCUT2D eigenvalue weighted by atomic mass is 9.91. The van der Waals surface area contributed by atoms with Crippen molar-refractivity contribution >= 4 is 29.4 Å². The minimum atomic E-state index is -0.441. The third-order valence-electron chi connectivity index (χ3n) is 6.92. The molecule has 1 N–H and O–H groups in total. The Morgan fingerprint density at radius 3 is 2.71 bits per heavy atom. The number of nitrogens with one attached hydrogen (secondary N) is 1. The number of carbonyl (C=O) groups excluding carboxylic acids is 1. The van der Waals surface area contributed by atoms with E-state index < -0.39 is 5.82 Å². The van der Waals surface area contributed by atoms with E-state index in [4.69, 9.17) is 11.6 Å². The second kappa shape index (κ2) is 9.72. The highest BCUT2D eigenvalue weighted by Crippen LogP contribution is 2.45. The molecule has 0 radical (unpaired) electrons. The molecule has 3 aliphatic rings. The van der Waals surface area contributed by atoms with Crippen LogP contribution in [0.4, 0.5) is 10.2 Å². The van der Waals surface area contributed by atoms with Crippen LogP contribution in [0.5, 0.6) is 0 Å². The van der Waals surface area contributed by atoms with Crippen molar-refractivity contribution in [3.8, 4) is 0 Å². The number of hydrogen-bond acceptors (Lipinski definition) is 4. The summed E-state index contributed by atoms with van der Waals surface area (Å²) in [4.78, 5) is 22.0. The van der Waals surface area contributed by atoms with Gasteiger partial charge in [-0.05, 0) is 55.2 Å². The van der Waals surface area contributed by atoms with E-state index in [1.54, 1.807) is 12.1 Å². The van der Waals surface area contributed by atoms with Crippen molar-refractivity contribution in [2.75, 3.05) is 31.1 Å². The first-order chi connectivity index (χ1) is 16.5. The number of allylic oxidation sites excluding steroid dienone is 2. The van der Waals surface area contributed by atoms with Crippen LogP contribution >= 0.6 is 11.6 Å². The highest BCUT2D eigenvalue weighted by molar-refractivity contribution is 6.30. The fourth-order valence-corrected chi connectivity index (χ4v) is 4.98. The quantitative estimate of drug-likeness (QED) is 0.616. The molecule has 1 unspecified atom stereocenters. The van der Waals surface area contributed by atoms with Crippen molar-refractivity contribution in [2.24, 2.45) is 0 Å². The minimum absolute atomic E-state index is 0.206. The van der Waals surface area contributed by atoms with Gasteiger partial charge in [0.15, 0.2) is 0 Å². The third kappa shape index (κ3) is 5.08. The van der Waals surface area contributed by atoms with Gasteiger partial charge in [0.1, 0.15) is 11.6 Å². The van der Waals surface area contributed by atoms with E-state index in [0.29, 0.717) is 16.6 Å². The van der Waals surface area contributed by atoms with Gasteiger partial charge >= 0.3 is 0 Å². The summed E-state index contributed by atoms with van der Waals surface area (Å²) >= 11 is 5.80. The SMILES string of the molecule is O=C(/C=C/c1ccc(Cl)cc1F)NC1(C2=CC=CC(N3CCN(c4ccccn4)CC3)C2)CC1. The van der Waals surface area contributed by atoms with Gasteiger partial charge in [-0.3, -0.25) is 9.69 Å². The molecule has 34 heavy (non-hydrogen) atoms. The van der Waals surface area contributed by atoms with Crippen LogP contribution in [-0.4, -0.2) is 53.6 Å². The number of benzene rings is 1. The van der Waals surface area contributed by atoms with Crippen molar-refractivity contribution < 1.29 is 9.18 Å². The predicted octanol–water partition coefficient (Wildman–Crippen LogP) is 4.61. The lowest BCUT2D eigenvalue weighted by Crippen LogP contribution is -2.51. The lowest BCUT2D eigenvalue weighted by Gasteiger charge is -2.40. The van der Waals surface area contributed by atoms with E-state index in [1.165, 1.54) is 23.8 Å². The summed E-state index contributed by atoms with van der Waals surface area (Å²) in [5, 5.41) is 3.51. The van der Waals surface area contributed by atoms with Gasteiger partial charge in [0, 0.05) is 55.1 Å². The average Bonchev–Trinajstić information content (AvgIpc) is 3.65. The maximum absolute atomic E-state index is 14.0. The van der Waals surface area contributed by atoms with E-state index in [9.17, 15) is 9.18 Å². The van der Waals surface area contributed by atoms with E-state index in [1.807, 2.05) is 18.3 Å². The molecular formula is C27H28ClFN4O. The molecule has 5 rings (SSSR count). The zero-order valence-electron chi connectivity index (χ0n) is 19.0. The van der Waals surface area contributed by atoms with Crippen molar-refractivity contribution in [3.05, 3.63) is 88.9 Å². The summed E-state index contributed by atoms with van der Waals surface area (Å²) in [6, 6.07) is 10.8. The van der Waals surface area contributed by atoms with Crippen LogP contribution in [0.1, 0.15) is 24.8 Å². The molecule has 0 bridgehead atoms. The Kier molecular flexibility index (Phi) is 6.53. The summed E-state index contributed by atoms with van der Waals surface area (Å²) in [7, 11) is 0. The number of amides is 1. The number of aromatic nitrogens is 1. The molecule has 7 heteroatoms. The monoisotopic (exact) mass is 478 g/mol. The molecule has 1 saturated heterocycles. The molecule has 2 aliphatic carbocycles. The Morgan fingerprint density at radius 2 is 2.00 bits per heavy atom. The summed E-state index contributed by atoms with van der Waals surface area (Å²) in [5.41, 5.74) is 1.33. The summed E-state index contributed by atoms with van der Waals surface area (Å²) in [5.74, 6) is 0.389. The molecule has 1 amide bonds. The van der Waals surface area contributed by atoms with Crippen molar-refractivity contribution in [1.82, 2.24) is 15.2 Å². The predicted molar refractivity (Wildman–Crippen MR) is 134 cm³/mol. The van der Waals surface area contributed by atoms with E-state index >= 15 is 0 Å². The van der Waals surface area contributed by atoms with Crippen molar-refractivity contribution in [2.45, 2.75) is 30.8 Å². The normalized spacial score (nSPS) is 22.0. The Bertz CT molecular complexity index is 1130. The first-order valence-electron chi connectivity index (χ1n) is 11.8. The van der Waals surface area contributed by atoms with Crippen LogP contribution in [0.15, 0.2) is 72.5 Å². The standard InChI is InChI=1S/C27H28ClFN4O/c28-22-9-7-20(24(29)19-22)8-10-26(34)31-27(11-12-27)21-4-3-5-23(18-21)32-14-16-33(17-15-32)25-6-1-2-13-30-25/h1-10,13,19,23H,11-12,14-18H2,(H,31,34)/b10-8+. The molecule has 5 nitrogen and oxygen atoms in total. The molecule has 1 atom stereocenters. The highest BCUT2D eigenvalue weighted by Gasteiger charge is 2.47. The molecule has 1 aromatic carbocycles. The highest BCUT2D eigenvalue weighted by atomic mass is 35.5. The summed E-state index contributed by atoms with van der Waals surface area (Å²) in [6.45, 7) is 3.86. The van der Waals surface area contributed by atoms with Crippen molar-refractivity contribution in [1.29, 1.82) is 0 Å². The smallest absolute Gasteiger partial charge is 0.244 e. The van der Waals surface area contributed by atoms with Crippen LogP contribution in [0.3, 0.4) is 0 Å².